The van der Waals surface area contributed by atoms with Crippen LogP contribution in [-0.4, -0.2) is 23.2 Å². The van der Waals surface area contributed by atoms with Gasteiger partial charge in [-0.3, -0.25) is 9.59 Å². The van der Waals surface area contributed by atoms with E-state index in [-0.39, 0.29) is 17.3 Å². The van der Waals surface area contributed by atoms with Crippen LogP contribution in [0.5, 0.6) is 5.75 Å². The van der Waals surface area contributed by atoms with E-state index in [1.807, 2.05) is 0 Å². The summed E-state index contributed by atoms with van der Waals surface area (Å²) in [5, 5.41) is 8.43. The van der Waals surface area contributed by atoms with Gasteiger partial charge in [0.05, 0.1) is 12.8 Å². The van der Waals surface area contributed by atoms with Crippen LogP contribution in [0, 0.1) is 0 Å². The molecule has 1 aromatic carbocycles. The van der Waals surface area contributed by atoms with Gasteiger partial charge in [0, 0.05) is 11.6 Å². The summed E-state index contributed by atoms with van der Waals surface area (Å²) < 4.78 is 5.00. The Morgan fingerprint density at radius 2 is 2.16 bits per heavy atom. The van der Waals surface area contributed by atoms with Crippen LogP contribution in [-0.2, 0) is 0 Å². The van der Waals surface area contributed by atoms with E-state index in [0.29, 0.717) is 17.0 Å². The van der Waals surface area contributed by atoms with E-state index in [2.05, 4.69) is 15.5 Å². The van der Waals surface area contributed by atoms with Crippen molar-refractivity contribution < 1.29 is 9.53 Å². The Morgan fingerprint density at radius 1 is 1.37 bits per heavy atom. The Bertz CT molecular complexity index is 646. The van der Waals surface area contributed by atoms with Crippen LogP contribution >= 0.6 is 0 Å². The number of rotatable bonds is 3. The molecule has 0 aliphatic rings. The number of nitrogens with one attached hydrogen (secondary N) is 2. The second kappa shape index (κ2) is 5.21. The lowest BCUT2D eigenvalue weighted by Crippen LogP contribution is -2.16. The van der Waals surface area contributed by atoms with E-state index >= 15 is 0 Å². The predicted molar refractivity (Wildman–Crippen MR) is 70.2 cm³/mol. The minimum atomic E-state index is -0.381. The molecule has 1 heterocycles. The largest absolute Gasteiger partial charge is 0.495 e. The number of aromatic amines is 1. The molecule has 0 unspecified atom stereocenters. The zero-order chi connectivity index (χ0) is 13.8. The lowest BCUT2D eigenvalue weighted by atomic mass is 10.2. The number of carbonyl (C=O) groups excluding carboxylic acids is 1. The van der Waals surface area contributed by atoms with Gasteiger partial charge in [0.25, 0.3) is 11.5 Å². The Kier molecular flexibility index (Phi) is 3.46. The van der Waals surface area contributed by atoms with E-state index < -0.39 is 0 Å². The first-order chi connectivity index (χ1) is 9.10. The number of aromatic nitrogens is 2. The number of amides is 1. The van der Waals surface area contributed by atoms with E-state index in [9.17, 15) is 9.59 Å². The van der Waals surface area contributed by atoms with E-state index in [1.165, 1.54) is 25.3 Å². The third-order valence-corrected chi connectivity index (χ3v) is 2.41. The molecule has 0 spiro atoms. The summed E-state index contributed by atoms with van der Waals surface area (Å²) in [7, 11) is 1.50. The molecule has 2 aromatic rings. The number of carbonyl (C=O) groups is 1. The second-order valence-electron chi connectivity index (χ2n) is 3.72. The van der Waals surface area contributed by atoms with Crippen molar-refractivity contribution in [2.75, 3.05) is 18.2 Å². The Hall–Kier alpha value is -2.83. The van der Waals surface area contributed by atoms with Gasteiger partial charge in [-0.1, -0.05) is 0 Å². The molecule has 0 fully saturated rings. The number of anilines is 2. The average molecular weight is 260 g/mol. The predicted octanol–water partition coefficient (Wildman–Crippen LogP) is 0.613. The van der Waals surface area contributed by atoms with Gasteiger partial charge in [-0.05, 0) is 24.3 Å². The second-order valence-corrected chi connectivity index (χ2v) is 3.72. The topological polar surface area (TPSA) is 110 Å². The van der Waals surface area contributed by atoms with Crippen LogP contribution in [0.1, 0.15) is 10.4 Å². The van der Waals surface area contributed by atoms with Crippen LogP contribution in [0.3, 0.4) is 0 Å². The number of ether oxygens (including phenoxy) is 1. The number of H-pyrrole nitrogens is 1. The molecule has 0 saturated carbocycles. The molecule has 0 aliphatic carbocycles. The highest BCUT2D eigenvalue weighted by molar-refractivity contribution is 6.04. The lowest BCUT2D eigenvalue weighted by molar-refractivity contribution is 0.102. The maximum atomic E-state index is 11.9. The first-order valence-corrected chi connectivity index (χ1v) is 5.41. The fourth-order valence-corrected chi connectivity index (χ4v) is 1.48. The number of benzene rings is 1. The maximum Gasteiger partial charge on any atom is 0.264 e. The SMILES string of the molecule is COc1ccc(C(=O)Nc2ccc(=O)[nH]n2)cc1N. The Morgan fingerprint density at radius 3 is 2.74 bits per heavy atom. The average Bonchev–Trinajstić information content (AvgIpc) is 2.41. The molecule has 0 radical (unpaired) electrons. The van der Waals surface area contributed by atoms with Gasteiger partial charge in [-0.2, -0.15) is 5.10 Å². The molecule has 0 bridgehead atoms. The van der Waals surface area contributed by atoms with Crippen LogP contribution in [0.2, 0.25) is 0 Å². The number of nitrogen functional groups attached to an aromatic ring is 1. The summed E-state index contributed by atoms with van der Waals surface area (Å²) in [5.41, 5.74) is 6.11. The number of hydrogen-bond donors (Lipinski definition) is 3. The highest BCUT2D eigenvalue weighted by Crippen LogP contribution is 2.22. The molecule has 0 saturated heterocycles. The normalized spacial score (nSPS) is 9.95. The third kappa shape index (κ3) is 2.89. The Labute approximate surface area is 108 Å². The molecular formula is C12H12N4O3. The van der Waals surface area contributed by atoms with Crippen molar-refractivity contribution in [1.82, 2.24) is 10.2 Å². The first-order valence-electron chi connectivity index (χ1n) is 5.41. The fourth-order valence-electron chi connectivity index (χ4n) is 1.48. The van der Waals surface area contributed by atoms with Crippen LogP contribution < -0.4 is 21.3 Å². The monoisotopic (exact) mass is 260 g/mol. The van der Waals surface area contributed by atoms with Gasteiger partial charge in [0.1, 0.15) is 5.75 Å². The summed E-state index contributed by atoms with van der Waals surface area (Å²) >= 11 is 0. The molecule has 1 aromatic heterocycles. The standard InChI is InChI=1S/C12H12N4O3/c1-19-9-3-2-7(6-8(9)13)12(18)14-10-4-5-11(17)16-15-10/h2-6H,13H2,1H3,(H,16,17)(H,14,15,18). The molecule has 19 heavy (non-hydrogen) atoms. The van der Waals surface area contributed by atoms with E-state index in [1.54, 1.807) is 12.1 Å². The molecule has 0 aliphatic heterocycles. The molecular weight excluding hydrogens is 248 g/mol. The smallest absolute Gasteiger partial charge is 0.264 e. The molecule has 0 atom stereocenters. The van der Waals surface area contributed by atoms with Crippen molar-refractivity contribution in [3.8, 4) is 5.75 Å². The third-order valence-electron chi connectivity index (χ3n) is 2.41. The van der Waals surface area contributed by atoms with Gasteiger partial charge in [0.15, 0.2) is 5.82 Å². The minimum absolute atomic E-state index is 0.249. The minimum Gasteiger partial charge on any atom is -0.495 e. The molecule has 7 heteroatoms. The fraction of sp³-hybridized carbons (Fsp3) is 0.0833. The number of methoxy groups -OCH3 is 1. The van der Waals surface area contributed by atoms with Crippen molar-refractivity contribution in [2.24, 2.45) is 0 Å². The lowest BCUT2D eigenvalue weighted by Gasteiger charge is -2.07. The highest BCUT2D eigenvalue weighted by Gasteiger charge is 2.09. The summed E-state index contributed by atoms with van der Waals surface area (Å²) in [6.45, 7) is 0. The van der Waals surface area contributed by atoms with Crippen molar-refractivity contribution in [1.29, 1.82) is 0 Å². The van der Waals surface area contributed by atoms with Gasteiger partial charge in [-0.15, -0.1) is 0 Å². The maximum absolute atomic E-state index is 11.9. The molecule has 98 valence electrons. The molecule has 7 nitrogen and oxygen atoms in total. The summed E-state index contributed by atoms with van der Waals surface area (Å²) in [6.07, 6.45) is 0. The highest BCUT2D eigenvalue weighted by atomic mass is 16.5. The van der Waals surface area contributed by atoms with Gasteiger partial charge >= 0.3 is 0 Å². The van der Waals surface area contributed by atoms with E-state index in [4.69, 9.17) is 10.5 Å². The molecule has 4 N–H and O–H groups in total. The van der Waals surface area contributed by atoms with Gasteiger partial charge < -0.3 is 15.8 Å². The van der Waals surface area contributed by atoms with Crippen LogP contribution in [0.25, 0.3) is 0 Å². The van der Waals surface area contributed by atoms with Crippen molar-refractivity contribution >= 4 is 17.4 Å². The Balaban J connectivity index is 2.18. The number of nitrogens with two attached hydrogens (primary N) is 1. The van der Waals surface area contributed by atoms with Gasteiger partial charge in [-0.25, -0.2) is 5.10 Å². The number of hydrogen-bond acceptors (Lipinski definition) is 5. The van der Waals surface area contributed by atoms with Crippen molar-refractivity contribution in [2.45, 2.75) is 0 Å². The summed E-state index contributed by atoms with van der Waals surface area (Å²) in [6, 6.07) is 7.36. The van der Waals surface area contributed by atoms with Crippen LogP contribution in [0.15, 0.2) is 35.1 Å². The van der Waals surface area contributed by atoms with Crippen LogP contribution in [0.4, 0.5) is 11.5 Å². The number of nitrogens with zero attached hydrogens (tertiary/aromatic N) is 1. The quantitative estimate of drug-likeness (QED) is 0.700. The van der Waals surface area contributed by atoms with E-state index in [0.717, 1.165) is 0 Å². The summed E-state index contributed by atoms with van der Waals surface area (Å²) in [4.78, 5) is 22.7. The molecule has 1 amide bonds. The summed E-state index contributed by atoms with van der Waals surface area (Å²) in [5.74, 6) is 0.367. The first kappa shape index (κ1) is 12.6. The zero-order valence-corrected chi connectivity index (χ0v) is 10.1. The van der Waals surface area contributed by atoms with Crippen molar-refractivity contribution in [3.63, 3.8) is 0 Å². The zero-order valence-electron chi connectivity index (χ0n) is 10.1. The van der Waals surface area contributed by atoms with Gasteiger partial charge in [0.2, 0.25) is 0 Å². The molecule has 2 rings (SSSR count). The van der Waals surface area contributed by atoms with Crippen molar-refractivity contribution in [3.05, 3.63) is 46.2 Å².